The summed E-state index contributed by atoms with van der Waals surface area (Å²) in [6, 6.07) is 3.81. The van der Waals surface area contributed by atoms with Crippen molar-refractivity contribution in [3.05, 3.63) is 18.3 Å². The molecule has 3 N–H and O–H groups in total. The van der Waals surface area contributed by atoms with Crippen molar-refractivity contribution in [2.24, 2.45) is 0 Å². The molecule has 1 saturated heterocycles. The van der Waals surface area contributed by atoms with Crippen molar-refractivity contribution in [3.8, 4) is 0 Å². The Labute approximate surface area is 102 Å². The average Bonchev–Trinajstić information content (AvgIpc) is 2.38. The summed E-state index contributed by atoms with van der Waals surface area (Å²) in [4.78, 5) is 6.43. The zero-order valence-electron chi connectivity index (χ0n) is 10.2. The minimum absolute atomic E-state index is 0.225. The second-order valence-corrected chi connectivity index (χ2v) is 4.20. The molecule has 17 heavy (non-hydrogen) atoms. The molecule has 0 amide bonds. The molecule has 0 radical (unpaired) electrons. The molecule has 0 saturated carbocycles. The lowest BCUT2D eigenvalue weighted by Crippen LogP contribution is -2.45. The van der Waals surface area contributed by atoms with Crippen molar-refractivity contribution in [1.82, 2.24) is 9.88 Å². The van der Waals surface area contributed by atoms with Gasteiger partial charge in [0.1, 0.15) is 5.82 Å². The Morgan fingerprint density at radius 2 is 2.53 bits per heavy atom. The number of rotatable bonds is 4. The maximum atomic E-state index is 5.76. The predicted octanol–water partition coefficient (Wildman–Crippen LogP) is 0.796. The molecule has 1 aliphatic rings. The molecule has 1 fully saturated rings. The topological polar surface area (TPSA) is 63.4 Å². The van der Waals surface area contributed by atoms with Gasteiger partial charge in [-0.3, -0.25) is 4.90 Å². The highest BCUT2D eigenvalue weighted by molar-refractivity contribution is 5.60. The normalized spacial score (nSPS) is 21.4. The predicted molar refractivity (Wildman–Crippen MR) is 69.0 cm³/mol. The first-order valence-corrected chi connectivity index (χ1v) is 6.08. The quantitative estimate of drug-likeness (QED) is 0.809. The lowest BCUT2D eigenvalue weighted by Gasteiger charge is -2.32. The van der Waals surface area contributed by atoms with Crippen LogP contribution in [0.2, 0.25) is 0 Å². The van der Waals surface area contributed by atoms with Gasteiger partial charge in [0.2, 0.25) is 0 Å². The molecule has 2 heterocycles. The Hall–Kier alpha value is -1.33. The van der Waals surface area contributed by atoms with Gasteiger partial charge in [-0.2, -0.15) is 0 Å². The summed E-state index contributed by atoms with van der Waals surface area (Å²) in [5.41, 5.74) is 6.64. The molecule has 5 heteroatoms. The van der Waals surface area contributed by atoms with Crippen LogP contribution in [0.4, 0.5) is 11.5 Å². The fourth-order valence-corrected chi connectivity index (χ4v) is 1.98. The Balaban J connectivity index is 1.84. The molecule has 1 unspecified atom stereocenters. The second-order valence-electron chi connectivity index (χ2n) is 4.20. The number of ether oxygens (including phenoxy) is 1. The Morgan fingerprint density at radius 1 is 1.65 bits per heavy atom. The van der Waals surface area contributed by atoms with E-state index in [0.29, 0.717) is 5.82 Å². The maximum Gasteiger partial charge on any atom is 0.146 e. The number of hydrogen-bond acceptors (Lipinski definition) is 5. The summed E-state index contributed by atoms with van der Waals surface area (Å²) in [6.45, 7) is 6.84. The molecule has 2 rings (SSSR count). The third-order valence-corrected chi connectivity index (χ3v) is 3.03. The van der Waals surface area contributed by atoms with Crippen LogP contribution in [0, 0.1) is 0 Å². The molecular formula is C12H20N4O. The summed E-state index contributed by atoms with van der Waals surface area (Å²) >= 11 is 0. The van der Waals surface area contributed by atoms with Crippen LogP contribution >= 0.6 is 0 Å². The molecule has 0 spiro atoms. The molecule has 1 aliphatic heterocycles. The van der Waals surface area contributed by atoms with E-state index in [1.165, 1.54) is 0 Å². The van der Waals surface area contributed by atoms with Gasteiger partial charge in [0, 0.05) is 25.8 Å². The summed E-state index contributed by atoms with van der Waals surface area (Å²) in [5.74, 6) is 0.538. The van der Waals surface area contributed by atoms with E-state index in [4.69, 9.17) is 10.5 Å². The Morgan fingerprint density at radius 3 is 3.29 bits per heavy atom. The molecule has 0 bridgehead atoms. The van der Waals surface area contributed by atoms with Gasteiger partial charge < -0.3 is 15.8 Å². The number of morpholine rings is 1. The lowest BCUT2D eigenvalue weighted by molar-refractivity contribution is -0.0191. The van der Waals surface area contributed by atoms with Gasteiger partial charge in [-0.05, 0) is 18.7 Å². The third kappa shape index (κ3) is 3.31. The van der Waals surface area contributed by atoms with Crippen LogP contribution in [-0.2, 0) is 4.74 Å². The number of aromatic nitrogens is 1. The number of anilines is 2. The van der Waals surface area contributed by atoms with E-state index < -0.39 is 0 Å². The summed E-state index contributed by atoms with van der Waals surface area (Å²) in [6.07, 6.45) is 1.92. The molecule has 0 aliphatic carbocycles. The van der Waals surface area contributed by atoms with Crippen molar-refractivity contribution >= 4 is 11.5 Å². The van der Waals surface area contributed by atoms with E-state index in [2.05, 4.69) is 22.1 Å². The van der Waals surface area contributed by atoms with Crippen LogP contribution in [0.5, 0.6) is 0 Å². The highest BCUT2D eigenvalue weighted by Crippen LogP contribution is 2.14. The number of nitrogens with two attached hydrogens (primary N) is 1. The van der Waals surface area contributed by atoms with Crippen molar-refractivity contribution in [1.29, 1.82) is 0 Å². The number of nitrogens with one attached hydrogen (secondary N) is 1. The lowest BCUT2D eigenvalue weighted by atomic mass is 10.2. The number of nitrogen functional groups attached to an aromatic ring is 1. The van der Waals surface area contributed by atoms with Crippen LogP contribution in [0.15, 0.2) is 18.3 Å². The second kappa shape index (κ2) is 5.84. The first kappa shape index (κ1) is 12.1. The van der Waals surface area contributed by atoms with Gasteiger partial charge in [-0.1, -0.05) is 6.92 Å². The Bertz CT molecular complexity index is 358. The number of likely N-dealkylation sites (N-methyl/N-ethyl adjacent to an activating group) is 1. The van der Waals surface area contributed by atoms with Crippen molar-refractivity contribution in [2.45, 2.75) is 13.0 Å². The first-order valence-electron chi connectivity index (χ1n) is 6.08. The standard InChI is InChI=1S/C12H20N4O/c1-2-16-6-7-17-10(9-16)8-15-11-4-3-5-14-12(11)13/h3-5,10,15H,2,6-9H2,1H3,(H2,13,14). The van der Waals surface area contributed by atoms with E-state index in [9.17, 15) is 0 Å². The van der Waals surface area contributed by atoms with Crippen LogP contribution < -0.4 is 11.1 Å². The van der Waals surface area contributed by atoms with Crippen LogP contribution in [-0.4, -0.2) is 48.8 Å². The van der Waals surface area contributed by atoms with Crippen molar-refractivity contribution in [3.63, 3.8) is 0 Å². The van der Waals surface area contributed by atoms with Crippen molar-refractivity contribution in [2.75, 3.05) is 43.8 Å². The highest BCUT2D eigenvalue weighted by atomic mass is 16.5. The summed E-state index contributed by atoms with van der Waals surface area (Å²) < 4.78 is 5.71. The van der Waals surface area contributed by atoms with E-state index in [1.807, 2.05) is 12.1 Å². The fourth-order valence-electron chi connectivity index (χ4n) is 1.98. The van der Waals surface area contributed by atoms with Gasteiger partial charge in [0.05, 0.1) is 18.4 Å². The van der Waals surface area contributed by atoms with Gasteiger partial charge in [0.15, 0.2) is 0 Å². The van der Waals surface area contributed by atoms with Gasteiger partial charge in [0.25, 0.3) is 0 Å². The van der Waals surface area contributed by atoms with Crippen molar-refractivity contribution < 1.29 is 4.74 Å². The van der Waals surface area contributed by atoms with Crippen LogP contribution in [0.1, 0.15) is 6.92 Å². The monoisotopic (exact) mass is 236 g/mol. The van der Waals surface area contributed by atoms with Crippen LogP contribution in [0.3, 0.4) is 0 Å². The molecule has 1 aromatic heterocycles. The van der Waals surface area contributed by atoms with E-state index in [1.54, 1.807) is 6.20 Å². The molecular weight excluding hydrogens is 216 g/mol. The molecule has 1 aromatic rings. The van der Waals surface area contributed by atoms with E-state index >= 15 is 0 Å². The fraction of sp³-hybridized carbons (Fsp3) is 0.583. The summed E-state index contributed by atoms with van der Waals surface area (Å²) in [7, 11) is 0. The van der Waals surface area contributed by atoms with E-state index in [0.717, 1.165) is 38.5 Å². The van der Waals surface area contributed by atoms with Gasteiger partial charge in [-0.15, -0.1) is 0 Å². The molecule has 1 atom stereocenters. The molecule has 94 valence electrons. The molecule has 0 aromatic carbocycles. The third-order valence-electron chi connectivity index (χ3n) is 3.03. The minimum Gasteiger partial charge on any atom is -0.382 e. The Kier molecular flexibility index (Phi) is 4.17. The zero-order valence-corrected chi connectivity index (χ0v) is 10.2. The number of pyridine rings is 1. The highest BCUT2D eigenvalue weighted by Gasteiger charge is 2.18. The van der Waals surface area contributed by atoms with E-state index in [-0.39, 0.29) is 6.10 Å². The minimum atomic E-state index is 0.225. The van der Waals surface area contributed by atoms with Gasteiger partial charge >= 0.3 is 0 Å². The zero-order chi connectivity index (χ0) is 12.1. The summed E-state index contributed by atoms with van der Waals surface area (Å²) in [5, 5.41) is 3.29. The first-order chi connectivity index (χ1) is 8.29. The largest absolute Gasteiger partial charge is 0.382 e. The van der Waals surface area contributed by atoms with Gasteiger partial charge in [-0.25, -0.2) is 4.98 Å². The molecule has 5 nitrogen and oxygen atoms in total. The SMILES string of the molecule is CCN1CCOC(CNc2cccnc2N)C1. The maximum absolute atomic E-state index is 5.76. The average molecular weight is 236 g/mol. The van der Waals surface area contributed by atoms with Crippen LogP contribution in [0.25, 0.3) is 0 Å². The number of nitrogens with zero attached hydrogens (tertiary/aromatic N) is 2. The number of hydrogen-bond donors (Lipinski definition) is 2. The smallest absolute Gasteiger partial charge is 0.146 e.